The number of amides is 1. The maximum absolute atomic E-state index is 12.8. The molecule has 1 aliphatic rings. The number of aromatic carboxylic acids is 1. The molecule has 1 aliphatic heterocycles. The second-order valence-electron chi connectivity index (χ2n) is 6.48. The number of benzene rings is 2. The third kappa shape index (κ3) is 4.00. The molecule has 2 N–H and O–H groups in total. The molecule has 0 spiro atoms. The molecule has 150 valence electrons. The fraction of sp³-hybridized carbons (Fsp3) is 0.0455. The lowest BCUT2D eigenvalue weighted by molar-refractivity contribution is -0.122. The van der Waals surface area contributed by atoms with Crippen LogP contribution in [0.4, 0.5) is 0 Å². The number of rotatable bonds is 5. The van der Waals surface area contributed by atoms with Crippen molar-refractivity contribution in [3.63, 3.8) is 0 Å². The maximum Gasteiger partial charge on any atom is 0.335 e. The minimum absolute atomic E-state index is 0.111. The Bertz CT molecular complexity index is 1180. The quantitative estimate of drug-likeness (QED) is 0.440. The summed E-state index contributed by atoms with van der Waals surface area (Å²) in [7, 11) is 0. The van der Waals surface area contributed by atoms with Gasteiger partial charge in [-0.3, -0.25) is 9.69 Å². The van der Waals surface area contributed by atoms with Gasteiger partial charge in [-0.2, -0.15) is 0 Å². The van der Waals surface area contributed by atoms with Gasteiger partial charge in [-0.25, -0.2) is 4.79 Å². The summed E-state index contributed by atoms with van der Waals surface area (Å²) in [4.78, 5) is 25.6. The maximum atomic E-state index is 12.8. The molecule has 0 atom stereocenters. The summed E-state index contributed by atoms with van der Waals surface area (Å²) in [6.45, 7) is 0.189. The second kappa shape index (κ2) is 8.17. The minimum Gasteiger partial charge on any atom is -0.508 e. The molecule has 0 radical (unpaired) electrons. The van der Waals surface area contributed by atoms with Gasteiger partial charge in [0.25, 0.3) is 5.91 Å². The monoisotopic (exact) mass is 437 g/mol. The molecule has 2 heterocycles. The first-order valence-electron chi connectivity index (χ1n) is 8.88. The van der Waals surface area contributed by atoms with Gasteiger partial charge in [-0.15, -0.1) is 0 Å². The number of carboxylic acid groups (broad SMARTS) is 1. The van der Waals surface area contributed by atoms with E-state index < -0.39 is 5.97 Å². The number of nitrogens with zero attached hydrogens (tertiary/aromatic N) is 1. The third-order valence-corrected chi connectivity index (χ3v) is 5.89. The van der Waals surface area contributed by atoms with Crippen molar-refractivity contribution in [2.24, 2.45) is 0 Å². The van der Waals surface area contributed by atoms with Crippen molar-refractivity contribution in [3.8, 4) is 17.1 Å². The summed E-state index contributed by atoms with van der Waals surface area (Å²) >= 11 is 6.51. The lowest BCUT2D eigenvalue weighted by Crippen LogP contribution is -2.27. The van der Waals surface area contributed by atoms with Gasteiger partial charge in [-0.05, 0) is 30.3 Å². The number of thiocarbonyl (C=S) groups is 1. The summed E-state index contributed by atoms with van der Waals surface area (Å²) < 4.78 is 6.20. The standard InChI is InChI=1S/C22H15NO5S2/c24-17-4-2-1-3-15(17)12-23-20(25)19(30-22(23)29)11-16-9-10-18(28-16)13-5-7-14(8-6-13)21(26)27/h1-11,24H,12H2,(H,26,27). The van der Waals surface area contributed by atoms with Crippen molar-refractivity contribution < 1.29 is 24.2 Å². The molecule has 0 saturated carbocycles. The van der Waals surface area contributed by atoms with E-state index in [1.54, 1.807) is 54.6 Å². The predicted octanol–water partition coefficient (Wildman–Crippen LogP) is 4.75. The zero-order valence-electron chi connectivity index (χ0n) is 15.4. The van der Waals surface area contributed by atoms with Crippen molar-refractivity contribution in [2.45, 2.75) is 6.54 Å². The highest BCUT2D eigenvalue weighted by Gasteiger charge is 2.32. The van der Waals surface area contributed by atoms with Gasteiger partial charge in [0.2, 0.25) is 0 Å². The topological polar surface area (TPSA) is 91.0 Å². The molecule has 1 aromatic heterocycles. The van der Waals surface area contributed by atoms with E-state index in [-0.39, 0.29) is 23.8 Å². The Labute approximate surface area is 181 Å². The smallest absolute Gasteiger partial charge is 0.335 e. The summed E-state index contributed by atoms with van der Waals surface area (Å²) in [6, 6.07) is 16.6. The highest BCUT2D eigenvalue weighted by atomic mass is 32.2. The predicted molar refractivity (Wildman–Crippen MR) is 118 cm³/mol. The molecule has 0 unspecified atom stereocenters. The van der Waals surface area contributed by atoms with Gasteiger partial charge in [0.1, 0.15) is 21.6 Å². The van der Waals surface area contributed by atoms with Crippen LogP contribution in [-0.2, 0) is 11.3 Å². The van der Waals surface area contributed by atoms with Crippen LogP contribution in [0.1, 0.15) is 21.7 Å². The van der Waals surface area contributed by atoms with Gasteiger partial charge < -0.3 is 14.6 Å². The summed E-state index contributed by atoms with van der Waals surface area (Å²) in [5.41, 5.74) is 1.53. The highest BCUT2D eigenvalue weighted by Crippen LogP contribution is 2.35. The van der Waals surface area contributed by atoms with Gasteiger partial charge in [0.05, 0.1) is 17.0 Å². The van der Waals surface area contributed by atoms with Gasteiger partial charge >= 0.3 is 5.97 Å². The lowest BCUT2D eigenvalue weighted by atomic mass is 10.1. The Morgan fingerprint density at radius 3 is 2.53 bits per heavy atom. The van der Waals surface area contributed by atoms with Crippen LogP contribution < -0.4 is 0 Å². The Kier molecular flexibility index (Phi) is 5.43. The summed E-state index contributed by atoms with van der Waals surface area (Å²) in [5.74, 6) is -0.0945. The molecule has 6 nitrogen and oxygen atoms in total. The van der Waals surface area contributed by atoms with E-state index in [2.05, 4.69) is 0 Å². The average molecular weight is 437 g/mol. The van der Waals surface area contributed by atoms with E-state index >= 15 is 0 Å². The molecule has 0 aliphatic carbocycles. The molecule has 30 heavy (non-hydrogen) atoms. The Morgan fingerprint density at radius 2 is 1.83 bits per heavy atom. The first-order chi connectivity index (χ1) is 14.4. The van der Waals surface area contributed by atoms with Crippen molar-refractivity contribution in [3.05, 3.63) is 82.5 Å². The summed E-state index contributed by atoms with van der Waals surface area (Å²) in [6.07, 6.45) is 1.62. The first kappa shape index (κ1) is 19.9. The number of hydrogen-bond acceptors (Lipinski definition) is 6. The average Bonchev–Trinajstić information content (AvgIpc) is 3.30. The van der Waals surface area contributed by atoms with E-state index in [4.69, 9.17) is 21.7 Å². The zero-order chi connectivity index (χ0) is 21.3. The molecular formula is C22H15NO5S2. The van der Waals surface area contributed by atoms with Gasteiger partial charge in [0, 0.05) is 17.2 Å². The van der Waals surface area contributed by atoms with E-state index in [9.17, 15) is 14.7 Å². The van der Waals surface area contributed by atoms with Crippen LogP contribution in [-0.4, -0.2) is 31.3 Å². The SMILES string of the molecule is O=C(O)c1ccc(-c2ccc(C=C3SC(=S)N(Cc4ccccc4O)C3=O)o2)cc1. The molecule has 1 saturated heterocycles. The number of hydrogen-bond donors (Lipinski definition) is 2. The fourth-order valence-electron chi connectivity index (χ4n) is 2.94. The number of aromatic hydroxyl groups is 1. The lowest BCUT2D eigenvalue weighted by Gasteiger charge is -2.15. The van der Waals surface area contributed by atoms with Gasteiger partial charge in [-0.1, -0.05) is 54.3 Å². The first-order valence-corrected chi connectivity index (χ1v) is 10.1. The number of carbonyl (C=O) groups excluding carboxylic acids is 1. The zero-order valence-corrected chi connectivity index (χ0v) is 17.1. The van der Waals surface area contributed by atoms with E-state index in [1.165, 1.54) is 28.8 Å². The number of thioether (sulfide) groups is 1. The van der Waals surface area contributed by atoms with Crippen LogP contribution in [0.15, 0.2) is 70.0 Å². The van der Waals surface area contributed by atoms with E-state index in [0.717, 1.165) is 5.56 Å². The molecule has 1 amide bonds. The van der Waals surface area contributed by atoms with Crippen LogP contribution in [0, 0.1) is 0 Å². The highest BCUT2D eigenvalue weighted by molar-refractivity contribution is 8.26. The molecule has 1 fully saturated rings. The van der Waals surface area contributed by atoms with Crippen LogP contribution in [0.5, 0.6) is 5.75 Å². The van der Waals surface area contributed by atoms with Crippen molar-refractivity contribution in [1.29, 1.82) is 0 Å². The normalized spacial score (nSPS) is 15.2. The largest absolute Gasteiger partial charge is 0.508 e. The second-order valence-corrected chi connectivity index (χ2v) is 8.16. The van der Waals surface area contributed by atoms with Gasteiger partial charge in [0.15, 0.2) is 0 Å². The molecule has 3 aromatic rings. The minimum atomic E-state index is -0.993. The number of phenolic OH excluding ortho intramolecular Hbond substituents is 1. The third-order valence-electron chi connectivity index (χ3n) is 4.51. The number of para-hydroxylation sites is 1. The Balaban J connectivity index is 1.53. The number of furan rings is 1. The van der Waals surface area contributed by atoms with Crippen LogP contribution in [0.2, 0.25) is 0 Å². The molecule has 0 bridgehead atoms. The van der Waals surface area contributed by atoms with Crippen molar-refractivity contribution in [1.82, 2.24) is 4.90 Å². The molecule has 2 aromatic carbocycles. The molecular weight excluding hydrogens is 422 g/mol. The molecule has 4 rings (SSSR count). The van der Waals surface area contributed by atoms with E-state index in [1.807, 2.05) is 0 Å². The Hall–Kier alpha value is -3.36. The molecule has 8 heteroatoms. The van der Waals surface area contributed by atoms with Crippen molar-refractivity contribution in [2.75, 3.05) is 0 Å². The fourth-order valence-corrected chi connectivity index (χ4v) is 4.18. The van der Waals surface area contributed by atoms with Crippen LogP contribution in [0.3, 0.4) is 0 Å². The Morgan fingerprint density at radius 1 is 1.10 bits per heavy atom. The van der Waals surface area contributed by atoms with E-state index in [0.29, 0.717) is 26.3 Å². The number of carboxylic acids is 1. The van der Waals surface area contributed by atoms with Crippen LogP contribution >= 0.6 is 24.0 Å². The number of carbonyl (C=O) groups is 2. The summed E-state index contributed by atoms with van der Waals surface area (Å²) in [5, 5.41) is 18.9. The number of phenols is 1. The van der Waals surface area contributed by atoms with Crippen LogP contribution in [0.25, 0.3) is 17.4 Å². The van der Waals surface area contributed by atoms with Crippen molar-refractivity contribution >= 4 is 46.3 Å².